The highest BCUT2D eigenvalue weighted by Crippen LogP contribution is 2.16. The van der Waals surface area contributed by atoms with E-state index in [1.807, 2.05) is 7.05 Å². The molecule has 0 bridgehead atoms. The SMILES string of the molecule is CCCC(C)COCc1ccc(C(C)CNC)cc1. The minimum Gasteiger partial charge on any atom is -0.376 e. The maximum atomic E-state index is 5.77. The number of benzene rings is 1. The van der Waals surface area contributed by atoms with Crippen LogP contribution in [0.25, 0.3) is 0 Å². The first-order valence-corrected chi connectivity index (χ1v) is 7.48. The van der Waals surface area contributed by atoms with Gasteiger partial charge >= 0.3 is 0 Å². The van der Waals surface area contributed by atoms with E-state index in [1.54, 1.807) is 0 Å². The molecule has 0 aliphatic carbocycles. The first-order chi connectivity index (χ1) is 9.17. The van der Waals surface area contributed by atoms with Crippen LogP contribution in [0.4, 0.5) is 0 Å². The van der Waals surface area contributed by atoms with Gasteiger partial charge in [-0.05, 0) is 36.4 Å². The minimum atomic E-state index is 0.560. The lowest BCUT2D eigenvalue weighted by molar-refractivity contribution is 0.0893. The Hall–Kier alpha value is -0.860. The molecule has 19 heavy (non-hydrogen) atoms. The van der Waals surface area contributed by atoms with Crippen molar-refractivity contribution in [1.29, 1.82) is 0 Å². The molecule has 0 fully saturated rings. The quantitative estimate of drug-likeness (QED) is 0.728. The Morgan fingerprint density at radius 3 is 2.42 bits per heavy atom. The lowest BCUT2D eigenvalue weighted by Gasteiger charge is -2.13. The summed E-state index contributed by atoms with van der Waals surface area (Å²) in [5, 5.41) is 3.21. The maximum Gasteiger partial charge on any atom is 0.0717 e. The zero-order valence-corrected chi connectivity index (χ0v) is 12.9. The normalized spacial score (nSPS) is 14.3. The fourth-order valence-corrected chi connectivity index (χ4v) is 2.32. The number of ether oxygens (including phenoxy) is 1. The molecule has 0 amide bonds. The van der Waals surface area contributed by atoms with Crippen LogP contribution in [0.5, 0.6) is 0 Å². The van der Waals surface area contributed by atoms with Gasteiger partial charge in [0.2, 0.25) is 0 Å². The van der Waals surface area contributed by atoms with Crippen LogP contribution in [0, 0.1) is 5.92 Å². The average Bonchev–Trinajstić information content (AvgIpc) is 2.40. The second-order valence-electron chi connectivity index (χ2n) is 5.61. The molecule has 108 valence electrons. The van der Waals surface area contributed by atoms with E-state index in [0.29, 0.717) is 11.8 Å². The summed E-state index contributed by atoms with van der Waals surface area (Å²) in [5.74, 6) is 1.23. The summed E-state index contributed by atoms with van der Waals surface area (Å²) in [6.07, 6.45) is 2.49. The molecule has 2 nitrogen and oxygen atoms in total. The lowest BCUT2D eigenvalue weighted by atomic mass is 10.00. The summed E-state index contributed by atoms with van der Waals surface area (Å²) in [6.45, 7) is 9.34. The van der Waals surface area contributed by atoms with Gasteiger partial charge < -0.3 is 10.1 Å². The third-order valence-corrected chi connectivity index (χ3v) is 3.51. The molecule has 1 aromatic carbocycles. The Kier molecular flexibility index (Phi) is 7.76. The van der Waals surface area contributed by atoms with E-state index in [-0.39, 0.29) is 0 Å². The van der Waals surface area contributed by atoms with Gasteiger partial charge in [0, 0.05) is 13.2 Å². The molecular weight excluding hydrogens is 234 g/mol. The smallest absolute Gasteiger partial charge is 0.0717 e. The van der Waals surface area contributed by atoms with Crippen LogP contribution >= 0.6 is 0 Å². The molecule has 0 aliphatic heterocycles. The van der Waals surface area contributed by atoms with Gasteiger partial charge in [-0.2, -0.15) is 0 Å². The van der Waals surface area contributed by atoms with Crippen molar-refractivity contribution in [3.05, 3.63) is 35.4 Å². The molecule has 0 saturated heterocycles. The van der Waals surface area contributed by atoms with Crippen molar-refractivity contribution < 1.29 is 4.74 Å². The lowest BCUT2D eigenvalue weighted by Crippen LogP contribution is -2.14. The number of hydrogen-bond donors (Lipinski definition) is 1. The molecule has 0 aromatic heterocycles. The van der Waals surface area contributed by atoms with Crippen LogP contribution in [-0.2, 0) is 11.3 Å². The Labute approximate surface area is 118 Å². The summed E-state index contributed by atoms with van der Waals surface area (Å²) in [4.78, 5) is 0. The summed E-state index contributed by atoms with van der Waals surface area (Å²) < 4.78 is 5.77. The van der Waals surface area contributed by atoms with Crippen molar-refractivity contribution >= 4 is 0 Å². The van der Waals surface area contributed by atoms with E-state index in [4.69, 9.17) is 4.74 Å². The van der Waals surface area contributed by atoms with Crippen molar-refractivity contribution in [2.24, 2.45) is 5.92 Å². The fraction of sp³-hybridized carbons (Fsp3) is 0.647. The van der Waals surface area contributed by atoms with Crippen molar-refractivity contribution in [3.8, 4) is 0 Å². The molecule has 1 aromatic rings. The van der Waals surface area contributed by atoms with Gasteiger partial charge in [-0.3, -0.25) is 0 Å². The standard InChI is InChI=1S/C17H29NO/c1-5-6-14(2)12-19-13-16-7-9-17(10-8-16)15(3)11-18-4/h7-10,14-15,18H,5-6,11-13H2,1-4H3. The first kappa shape index (κ1) is 16.2. The zero-order valence-electron chi connectivity index (χ0n) is 12.9. The summed E-state index contributed by atoms with van der Waals surface area (Å²) in [5.41, 5.74) is 2.65. The molecule has 2 atom stereocenters. The largest absolute Gasteiger partial charge is 0.376 e. The van der Waals surface area contributed by atoms with Crippen molar-refractivity contribution in [2.75, 3.05) is 20.2 Å². The highest BCUT2D eigenvalue weighted by Gasteiger charge is 2.04. The second-order valence-corrected chi connectivity index (χ2v) is 5.61. The summed E-state index contributed by atoms with van der Waals surface area (Å²) in [6, 6.07) is 8.81. The Bertz CT molecular complexity index is 334. The predicted molar refractivity (Wildman–Crippen MR) is 82.5 cm³/mol. The first-order valence-electron chi connectivity index (χ1n) is 7.48. The molecule has 2 unspecified atom stereocenters. The Balaban J connectivity index is 2.36. The summed E-state index contributed by atoms with van der Waals surface area (Å²) >= 11 is 0. The highest BCUT2D eigenvalue weighted by molar-refractivity contribution is 5.24. The second kappa shape index (κ2) is 9.11. The Morgan fingerprint density at radius 1 is 1.16 bits per heavy atom. The molecular formula is C17H29NO. The van der Waals surface area contributed by atoms with Crippen LogP contribution in [0.2, 0.25) is 0 Å². The predicted octanol–water partition coefficient (Wildman–Crippen LogP) is 3.96. The van der Waals surface area contributed by atoms with Crippen LogP contribution in [0.3, 0.4) is 0 Å². The third-order valence-electron chi connectivity index (χ3n) is 3.51. The van der Waals surface area contributed by atoms with E-state index >= 15 is 0 Å². The van der Waals surface area contributed by atoms with Crippen LogP contribution in [-0.4, -0.2) is 20.2 Å². The van der Waals surface area contributed by atoms with Crippen molar-refractivity contribution in [3.63, 3.8) is 0 Å². The average molecular weight is 263 g/mol. The number of nitrogens with one attached hydrogen (secondary N) is 1. The molecule has 0 aliphatic rings. The molecule has 1 rings (SSSR count). The van der Waals surface area contributed by atoms with Gasteiger partial charge in [0.25, 0.3) is 0 Å². The minimum absolute atomic E-state index is 0.560. The van der Waals surface area contributed by atoms with Gasteiger partial charge in [0.05, 0.1) is 6.61 Å². The highest BCUT2D eigenvalue weighted by atomic mass is 16.5. The summed E-state index contributed by atoms with van der Waals surface area (Å²) in [7, 11) is 2.00. The van der Waals surface area contributed by atoms with Gasteiger partial charge in [-0.15, -0.1) is 0 Å². The van der Waals surface area contributed by atoms with Crippen molar-refractivity contribution in [2.45, 2.75) is 46.1 Å². The Morgan fingerprint density at radius 2 is 1.84 bits per heavy atom. The van der Waals surface area contributed by atoms with E-state index in [1.165, 1.54) is 24.0 Å². The molecule has 1 N–H and O–H groups in total. The molecule has 0 heterocycles. The van der Waals surface area contributed by atoms with Crippen molar-refractivity contribution in [1.82, 2.24) is 5.32 Å². The monoisotopic (exact) mass is 263 g/mol. The van der Waals surface area contributed by atoms with Gasteiger partial charge in [-0.25, -0.2) is 0 Å². The zero-order chi connectivity index (χ0) is 14.1. The number of likely N-dealkylation sites (N-methyl/N-ethyl adjacent to an activating group) is 1. The van der Waals surface area contributed by atoms with Gasteiger partial charge in [0.15, 0.2) is 0 Å². The molecule has 0 saturated carbocycles. The van der Waals surface area contributed by atoms with Crippen LogP contribution < -0.4 is 5.32 Å². The molecule has 0 spiro atoms. The van der Waals surface area contributed by atoms with E-state index in [2.05, 4.69) is 50.4 Å². The molecule has 0 radical (unpaired) electrons. The van der Waals surface area contributed by atoms with E-state index in [9.17, 15) is 0 Å². The maximum absolute atomic E-state index is 5.77. The van der Waals surface area contributed by atoms with E-state index < -0.39 is 0 Å². The van der Waals surface area contributed by atoms with Gasteiger partial charge in [0.1, 0.15) is 0 Å². The topological polar surface area (TPSA) is 21.3 Å². The molecule has 2 heteroatoms. The van der Waals surface area contributed by atoms with Gasteiger partial charge in [-0.1, -0.05) is 51.5 Å². The third kappa shape index (κ3) is 6.22. The number of hydrogen-bond acceptors (Lipinski definition) is 2. The van der Waals surface area contributed by atoms with Crippen LogP contribution in [0.1, 0.15) is 50.7 Å². The fourth-order valence-electron chi connectivity index (χ4n) is 2.32. The van der Waals surface area contributed by atoms with Crippen LogP contribution in [0.15, 0.2) is 24.3 Å². The van der Waals surface area contributed by atoms with E-state index in [0.717, 1.165) is 19.8 Å². The number of rotatable bonds is 9.